The number of nitrogens with zero attached hydrogens (tertiary/aromatic N) is 2. The molecule has 6 nitrogen and oxygen atoms in total. The van der Waals surface area contributed by atoms with Gasteiger partial charge in [-0.2, -0.15) is 4.31 Å². The highest BCUT2D eigenvalue weighted by Gasteiger charge is 2.30. The summed E-state index contributed by atoms with van der Waals surface area (Å²) in [6.45, 7) is 7.34. The van der Waals surface area contributed by atoms with Crippen molar-refractivity contribution in [3.63, 3.8) is 0 Å². The Hall–Kier alpha value is -1.44. The number of carbonyl (C=O) groups is 1. The van der Waals surface area contributed by atoms with Crippen LogP contribution in [0.1, 0.15) is 42.6 Å². The predicted octanol–water partition coefficient (Wildman–Crippen LogP) is 1.59. The molecular weight excluding hydrogens is 326 g/mol. The summed E-state index contributed by atoms with van der Waals surface area (Å²) in [6.07, 6.45) is 1.84. The van der Waals surface area contributed by atoms with Crippen LogP contribution in [0.3, 0.4) is 0 Å². The topological polar surface area (TPSA) is 83.7 Å². The minimum absolute atomic E-state index is 0.0416. The maximum atomic E-state index is 12.9. The first-order valence-corrected chi connectivity index (χ1v) is 9.92. The molecule has 0 spiro atoms. The molecular formula is C17H27N3O3S. The van der Waals surface area contributed by atoms with Gasteiger partial charge in [-0.25, -0.2) is 8.42 Å². The van der Waals surface area contributed by atoms with Crippen molar-refractivity contribution < 1.29 is 13.2 Å². The van der Waals surface area contributed by atoms with Crippen LogP contribution in [-0.2, 0) is 10.0 Å². The van der Waals surface area contributed by atoms with Crippen molar-refractivity contribution in [2.45, 2.75) is 44.6 Å². The molecule has 0 saturated carbocycles. The minimum Gasteiger partial charge on any atom is -0.334 e. The van der Waals surface area contributed by atoms with Gasteiger partial charge in [0, 0.05) is 37.8 Å². The number of hydrogen-bond donors (Lipinski definition) is 1. The van der Waals surface area contributed by atoms with Gasteiger partial charge >= 0.3 is 0 Å². The summed E-state index contributed by atoms with van der Waals surface area (Å²) in [7, 11) is -3.58. The second-order valence-electron chi connectivity index (χ2n) is 6.10. The lowest BCUT2D eigenvalue weighted by Crippen LogP contribution is -2.40. The molecule has 1 heterocycles. The SMILES string of the molecule is CCN(CC)S(=O)(=O)c1ccc(C)c(C(=O)N2CCCC2CN)c1. The van der Waals surface area contributed by atoms with Crippen LogP contribution < -0.4 is 5.73 Å². The Bertz CT molecular complexity index is 699. The van der Waals surface area contributed by atoms with E-state index in [2.05, 4.69) is 0 Å². The van der Waals surface area contributed by atoms with E-state index in [-0.39, 0.29) is 16.8 Å². The van der Waals surface area contributed by atoms with Gasteiger partial charge in [0.1, 0.15) is 0 Å². The Balaban J connectivity index is 2.41. The van der Waals surface area contributed by atoms with Crippen LogP contribution in [0.15, 0.2) is 23.1 Å². The van der Waals surface area contributed by atoms with Crippen LogP contribution >= 0.6 is 0 Å². The molecule has 24 heavy (non-hydrogen) atoms. The van der Waals surface area contributed by atoms with Gasteiger partial charge in [-0.05, 0) is 37.5 Å². The van der Waals surface area contributed by atoms with E-state index >= 15 is 0 Å². The Labute approximate surface area is 144 Å². The van der Waals surface area contributed by atoms with Crippen molar-refractivity contribution in [1.82, 2.24) is 9.21 Å². The van der Waals surface area contributed by atoms with Gasteiger partial charge in [0.05, 0.1) is 4.90 Å². The van der Waals surface area contributed by atoms with Crippen molar-refractivity contribution in [3.8, 4) is 0 Å². The maximum Gasteiger partial charge on any atom is 0.254 e. The number of nitrogens with two attached hydrogens (primary N) is 1. The van der Waals surface area contributed by atoms with Crippen LogP contribution in [-0.4, -0.2) is 55.8 Å². The zero-order valence-corrected chi connectivity index (χ0v) is 15.5. The van der Waals surface area contributed by atoms with Gasteiger partial charge < -0.3 is 10.6 Å². The standard InChI is InChI=1S/C17H27N3O3S/c1-4-19(5-2)24(22,23)15-9-8-13(3)16(11-15)17(21)20-10-6-7-14(20)12-18/h8-9,11,14H,4-7,10,12,18H2,1-3H3. The molecule has 134 valence electrons. The maximum absolute atomic E-state index is 12.9. The summed E-state index contributed by atoms with van der Waals surface area (Å²) in [4.78, 5) is 14.8. The average Bonchev–Trinajstić information content (AvgIpc) is 3.04. The van der Waals surface area contributed by atoms with Gasteiger partial charge in [0.15, 0.2) is 0 Å². The monoisotopic (exact) mass is 353 g/mol. The van der Waals surface area contributed by atoms with Gasteiger partial charge in [-0.3, -0.25) is 4.79 Å². The normalized spacial score (nSPS) is 18.4. The zero-order valence-electron chi connectivity index (χ0n) is 14.7. The molecule has 1 aliphatic rings. The molecule has 7 heteroatoms. The molecule has 1 saturated heterocycles. The molecule has 1 fully saturated rings. The smallest absolute Gasteiger partial charge is 0.254 e. The van der Waals surface area contributed by atoms with E-state index in [1.807, 2.05) is 6.92 Å². The Morgan fingerprint density at radius 2 is 2.00 bits per heavy atom. The van der Waals surface area contributed by atoms with E-state index in [9.17, 15) is 13.2 Å². The Morgan fingerprint density at radius 1 is 1.33 bits per heavy atom. The van der Waals surface area contributed by atoms with Gasteiger partial charge in [0.2, 0.25) is 10.0 Å². The third-order valence-electron chi connectivity index (χ3n) is 4.69. The van der Waals surface area contributed by atoms with Crippen LogP contribution in [0.25, 0.3) is 0 Å². The van der Waals surface area contributed by atoms with Crippen LogP contribution in [0.2, 0.25) is 0 Å². The number of rotatable bonds is 6. The largest absolute Gasteiger partial charge is 0.334 e. The highest BCUT2D eigenvalue weighted by Crippen LogP contribution is 2.24. The highest BCUT2D eigenvalue weighted by atomic mass is 32.2. The van der Waals surface area contributed by atoms with Gasteiger partial charge in [-0.15, -0.1) is 0 Å². The van der Waals surface area contributed by atoms with Crippen molar-refractivity contribution >= 4 is 15.9 Å². The fourth-order valence-corrected chi connectivity index (χ4v) is 4.69. The number of benzene rings is 1. The first kappa shape index (κ1) is 18.9. The Morgan fingerprint density at radius 3 is 2.58 bits per heavy atom. The first-order valence-electron chi connectivity index (χ1n) is 8.48. The molecule has 2 rings (SSSR count). The molecule has 1 unspecified atom stereocenters. The average molecular weight is 353 g/mol. The van der Waals surface area contributed by atoms with Gasteiger partial charge in [-0.1, -0.05) is 19.9 Å². The lowest BCUT2D eigenvalue weighted by molar-refractivity contribution is 0.0740. The summed E-state index contributed by atoms with van der Waals surface area (Å²) in [6, 6.07) is 4.83. The van der Waals surface area contributed by atoms with E-state index in [0.717, 1.165) is 18.4 Å². The summed E-state index contributed by atoms with van der Waals surface area (Å²) < 4.78 is 26.8. The summed E-state index contributed by atoms with van der Waals surface area (Å²) >= 11 is 0. The van der Waals surface area contributed by atoms with Crippen LogP contribution in [0.5, 0.6) is 0 Å². The number of aryl methyl sites for hydroxylation is 1. The van der Waals surface area contributed by atoms with Gasteiger partial charge in [0.25, 0.3) is 5.91 Å². The summed E-state index contributed by atoms with van der Waals surface area (Å²) in [5.74, 6) is -0.128. The van der Waals surface area contributed by atoms with E-state index in [1.165, 1.54) is 10.4 Å². The molecule has 1 aliphatic heterocycles. The molecule has 2 N–H and O–H groups in total. The Kier molecular flexibility index (Phi) is 6.01. The minimum atomic E-state index is -3.58. The number of sulfonamides is 1. The first-order chi connectivity index (χ1) is 11.4. The van der Waals surface area contributed by atoms with Crippen LogP contribution in [0.4, 0.5) is 0 Å². The zero-order chi connectivity index (χ0) is 17.9. The summed E-state index contributed by atoms with van der Waals surface area (Å²) in [5, 5.41) is 0. The van der Waals surface area contributed by atoms with Crippen molar-refractivity contribution in [2.24, 2.45) is 5.73 Å². The predicted molar refractivity (Wildman–Crippen MR) is 94.4 cm³/mol. The van der Waals surface area contributed by atoms with E-state index in [4.69, 9.17) is 5.73 Å². The van der Waals surface area contributed by atoms with Crippen molar-refractivity contribution in [1.29, 1.82) is 0 Å². The van der Waals surface area contributed by atoms with Crippen molar-refractivity contribution in [3.05, 3.63) is 29.3 Å². The third-order valence-corrected chi connectivity index (χ3v) is 6.74. The molecule has 0 aliphatic carbocycles. The lowest BCUT2D eigenvalue weighted by atomic mass is 10.1. The van der Waals surface area contributed by atoms with E-state index < -0.39 is 10.0 Å². The third kappa shape index (κ3) is 3.48. The number of hydrogen-bond acceptors (Lipinski definition) is 4. The molecule has 1 aromatic carbocycles. The highest BCUT2D eigenvalue weighted by molar-refractivity contribution is 7.89. The lowest BCUT2D eigenvalue weighted by Gasteiger charge is -2.25. The molecule has 0 aromatic heterocycles. The quantitative estimate of drug-likeness (QED) is 0.842. The number of likely N-dealkylation sites (tertiary alicyclic amines) is 1. The number of carbonyl (C=O) groups excluding carboxylic acids is 1. The van der Waals surface area contributed by atoms with Crippen molar-refractivity contribution in [2.75, 3.05) is 26.2 Å². The molecule has 1 amide bonds. The fourth-order valence-electron chi connectivity index (χ4n) is 3.21. The number of amides is 1. The summed E-state index contributed by atoms with van der Waals surface area (Å²) in [5.41, 5.74) is 6.98. The van der Waals surface area contributed by atoms with E-state index in [1.54, 1.807) is 30.9 Å². The fraction of sp³-hybridized carbons (Fsp3) is 0.588. The molecule has 0 radical (unpaired) electrons. The molecule has 1 atom stereocenters. The second kappa shape index (κ2) is 7.63. The van der Waals surface area contributed by atoms with E-state index in [0.29, 0.717) is 31.7 Å². The molecule has 0 bridgehead atoms. The molecule has 1 aromatic rings. The van der Waals surface area contributed by atoms with Crippen LogP contribution in [0, 0.1) is 6.92 Å². The second-order valence-corrected chi connectivity index (χ2v) is 8.03.